The summed E-state index contributed by atoms with van der Waals surface area (Å²) in [6.45, 7) is 3.10. The molecule has 12 heteroatoms. The number of esters is 1. The zero-order valence-corrected chi connectivity index (χ0v) is 20.4. The van der Waals surface area contributed by atoms with Crippen molar-refractivity contribution in [2.24, 2.45) is 0 Å². The van der Waals surface area contributed by atoms with Crippen LogP contribution in [0, 0.1) is 24.4 Å². The molecule has 0 fully saturated rings. The van der Waals surface area contributed by atoms with E-state index in [1.54, 1.807) is 14.2 Å². The summed E-state index contributed by atoms with van der Waals surface area (Å²) in [7, 11) is 3.14. The molecule has 0 unspecified atom stereocenters. The molecule has 0 spiro atoms. The number of halogens is 3. The van der Waals surface area contributed by atoms with Crippen LogP contribution in [0.25, 0.3) is 0 Å². The third-order valence-electron chi connectivity index (χ3n) is 4.39. The Hall–Kier alpha value is -2.02. The van der Waals surface area contributed by atoms with Gasteiger partial charge < -0.3 is 29.0 Å². The number of hydrogen-bond donors (Lipinski definition) is 1. The molecule has 1 atom stereocenters. The molecule has 1 amide bonds. The largest absolute Gasteiger partial charge is 0.450 e. The number of methoxy groups -OCH3 is 2. The van der Waals surface area contributed by atoms with Crippen molar-refractivity contribution in [1.29, 1.82) is 0 Å². The van der Waals surface area contributed by atoms with E-state index in [2.05, 4.69) is 5.32 Å². The maximum atomic E-state index is 14.2. The quantitative estimate of drug-likeness (QED) is 0.147. The van der Waals surface area contributed by atoms with Crippen molar-refractivity contribution in [2.75, 3.05) is 58.8 Å². The van der Waals surface area contributed by atoms with Crippen LogP contribution >= 0.6 is 11.8 Å². The van der Waals surface area contributed by atoms with Crippen molar-refractivity contribution >= 4 is 23.8 Å². The molecule has 1 N–H and O–H groups in total. The number of carbonyl (C=O) groups excluding carboxylic acids is 2. The summed E-state index contributed by atoms with van der Waals surface area (Å²) in [5, 5.41) is 2.34. The second kappa shape index (κ2) is 17.4. The minimum atomic E-state index is -1.63. The lowest BCUT2D eigenvalue weighted by Crippen LogP contribution is -2.45. The van der Waals surface area contributed by atoms with Gasteiger partial charge in [0.05, 0.1) is 26.4 Å². The highest BCUT2D eigenvalue weighted by Crippen LogP contribution is 2.27. The number of rotatable bonds is 17. The Balaban J connectivity index is 2.71. The van der Waals surface area contributed by atoms with Gasteiger partial charge in [-0.05, 0) is 37.8 Å². The first-order valence-electron chi connectivity index (χ1n) is 10.7. The minimum Gasteiger partial charge on any atom is -0.450 e. The van der Waals surface area contributed by atoms with E-state index in [1.807, 2.05) is 0 Å². The molecule has 8 nitrogen and oxygen atoms in total. The number of unbranched alkanes of at least 4 members (excludes halogenated alkanes) is 2. The van der Waals surface area contributed by atoms with Crippen LogP contribution in [-0.4, -0.2) is 76.9 Å². The molecule has 0 bridgehead atoms. The van der Waals surface area contributed by atoms with Gasteiger partial charge in [-0.15, -0.1) is 0 Å². The monoisotopic (exact) mass is 511 g/mol. The molecule has 0 heterocycles. The summed E-state index contributed by atoms with van der Waals surface area (Å²) in [5.41, 5.74) is -0.235. The van der Waals surface area contributed by atoms with E-state index < -0.39 is 41.3 Å². The average molecular weight is 512 g/mol. The van der Waals surface area contributed by atoms with Gasteiger partial charge in [0, 0.05) is 32.3 Å². The summed E-state index contributed by atoms with van der Waals surface area (Å²) in [6.07, 6.45) is 1.30. The van der Waals surface area contributed by atoms with E-state index in [-0.39, 0.29) is 17.9 Å². The fourth-order valence-corrected chi connectivity index (χ4v) is 3.43. The Morgan fingerprint density at radius 3 is 2.38 bits per heavy atom. The minimum absolute atomic E-state index is 0.00689. The van der Waals surface area contributed by atoms with Gasteiger partial charge in [0.1, 0.15) is 6.04 Å². The summed E-state index contributed by atoms with van der Waals surface area (Å²) in [6, 6.07) is -0.645. The SMILES string of the molecule is COCCCCCOC(=O)N[C@@H](CSCCOCCOC)C(=O)Oc1c(F)c(C)cc(F)c1F. The van der Waals surface area contributed by atoms with Crippen molar-refractivity contribution < 1.29 is 46.4 Å². The Morgan fingerprint density at radius 1 is 0.971 bits per heavy atom. The number of aryl methyl sites for hydroxylation is 1. The normalized spacial score (nSPS) is 11.8. The van der Waals surface area contributed by atoms with Gasteiger partial charge in [-0.1, -0.05) is 0 Å². The average Bonchev–Trinajstić information content (AvgIpc) is 2.81. The van der Waals surface area contributed by atoms with Gasteiger partial charge in [-0.3, -0.25) is 0 Å². The zero-order valence-electron chi connectivity index (χ0n) is 19.6. The molecule has 0 saturated carbocycles. The van der Waals surface area contributed by atoms with Crippen molar-refractivity contribution in [1.82, 2.24) is 5.32 Å². The standard InChI is InChI=1S/C22H32F3NO7S/c1-15-13-16(23)19(25)20(18(15)24)33-21(27)17(14-34-12-11-31-10-9-30-3)26-22(28)32-8-6-4-5-7-29-2/h13,17H,4-12,14H2,1-3H3,(H,26,28)/t17-/m0/s1. The molecule has 0 aliphatic rings. The highest BCUT2D eigenvalue weighted by atomic mass is 32.2. The third kappa shape index (κ3) is 11.4. The fourth-order valence-electron chi connectivity index (χ4n) is 2.57. The fraction of sp³-hybridized carbons (Fsp3) is 0.636. The Morgan fingerprint density at radius 2 is 1.68 bits per heavy atom. The van der Waals surface area contributed by atoms with Crippen molar-refractivity contribution in [3.8, 4) is 5.75 Å². The lowest BCUT2D eigenvalue weighted by atomic mass is 10.2. The summed E-state index contributed by atoms with van der Waals surface area (Å²) < 4.78 is 66.9. The Kier molecular flexibility index (Phi) is 15.4. The molecule has 1 aromatic carbocycles. The number of alkyl carbamates (subject to hydrolysis) is 1. The smallest absolute Gasteiger partial charge is 0.407 e. The van der Waals surface area contributed by atoms with Crippen molar-refractivity contribution in [3.63, 3.8) is 0 Å². The van der Waals surface area contributed by atoms with E-state index in [0.29, 0.717) is 44.7 Å². The number of benzene rings is 1. The van der Waals surface area contributed by atoms with Gasteiger partial charge in [0.2, 0.25) is 11.6 Å². The zero-order chi connectivity index (χ0) is 25.3. The number of carbonyl (C=O) groups is 2. The predicted octanol–water partition coefficient (Wildman–Crippen LogP) is 3.63. The Labute approximate surface area is 201 Å². The molecule has 34 heavy (non-hydrogen) atoms. The van der Waals surface area contributed by atoms with Crippen LogP contribution in [0.3, 0.4) is 0 Å². The van der Waals surface area contributed by atoms with Gasteiger partial charge >= 0.3 is 12.1 Å². The molecule has 194 valence electrons. The summed E-state index contributed by atoms with van der Waals surface area (Å²) >= 11 is 1.24. The van der Waals surface area contributed by atoms with Crippen molar-refractivity contribution in [3.05, 3.63) is 29.1 Å². The van der Waals surface area contributed by atoms with Crippen molar-refractivity contribution in [2.45, 2.75) is 32.2 Å². The first-order chi connectivity index (χ1) is 16.3. The molecule has 1 rings (SSSR count). The maximum Gasteiger partial charge on any atom is 0.407 e. The maximum absolute atomic E-state index is 14.2. The Bertz CT molecular complexity index is 744. The molecular formula is C22H32F3NO7S. The van der Waals surface area contributed by atoms with Gasteiger partial charge in [0.15, 0.2) is 11.6 Å². The van der Waals surface area contributed by atoms with E-state index in [4.69, 9.17) is 23.7 Å². The molecule has 0 aliphatic carbocycles. The van der Waals surface area contributed by atoms with Gasteiger partial charge in [-0.25, -0.2) is 18.4 Å². The summed E-state index contributed by atoms with van der Waals surface area (Å²) in [5.74, 6) is -6.04. The third-order valence-corrected chi connectivity index (χ3v) is 5.42. The first kappa shape index (κ1) is 30.0. The summed E-state index contributed by atoms with van der Waals surface area (Å²) in [4.78, 5) is 24.7. The van der Waals surface area contributed by atoms with E-state index in [9.17, 15) is 22.8 Å². The van der Waals surface area contributed by atoms with Crippen LogP contribution in [0.1, 0.15) is 24.8 Å². The van der Waals surface area contributed by atoms with E-state index in [1.165, 1.54) is 18.7 Å². The van der Waals surface area contributed by atoms with Crippen LogP contribution in [-0.2, 0) is 23.7 Å². The molecular weight excluding hydrogens is 479 g/mol. The second-order valence-electron chi connectivity index (χ2n) is 7.12. The molecule has 0 saturated heterocycles. The predicted molar refractivity (Wildman–Crippen MR) is 121 cm³/mol. The van der Waals surface area contributed by atoms with Crippen LogP contribution in [0.2, 0.25) is 0 Å². The van der Waals surface area contributed by atoms with Gasteiger partial charge in [-0.2, -0.15) is 16.2 Å². The molecule has 1 aromatic rings. The molecule has 0 aromatic heterocycles. The van der Waals surface area contributed by atoms with Crippen LogP contribution in [0.5, 0.6) is 5.75 Å². The number of amides is 1. The van der Waals surface area contributed by atoms with E-state index >= 15 is 0 Å². The highest BCUT2D eigenvalue weighted by molar-refractivity contribution is 7.99. The van der Waals surface area contributed by atoms with Crippen LogP contribution in [0.4, 0.5) is 18.0 Å². The number of ether oxygens (including phenoxy) is 5. The van der Waals surface area contributed by atoms with Crippen LogP contribution < -0.4 is 10.1 Å². The number of nitrogens with one attached hydrogen (secondary N) is 1. The first-order valence-corrected chi connectivity index (χ1v) is 11.9. The molecule has 0 radical (unpaired) electrons. The second-order valence-corrected chi connectivity index (χ2v) is 8.27. The number of thioether (sulfide) groups is 1. The van der Waals surface area contributed by atoms with Gasteiger partial charge in [0.25, 0.3) is 0 Å². The lowest BCUT2D eigenvalue weighted by Gasteiger charge is -2.18. The topological polar surface area (TPSA) is 92.3 Å². The lowest BCUT2D eigenvalue weighted by molar-refractivity contribution is -0.136. The highest BCUT2D eigenvalue weighted by Gasteiger charge is 2.28. The molecule has 0 aliphatic heterocycles. The van der Waals surface area contributed by atoms with E-state index in [0.717, 1.165) is 12.8 Å². The van der Waals surface area contributed by atoms with Crippen LogP contribution in [0.15, 0.2) is 6.07 Å². The number of hydrogen-bond acceptors (Lipinski definition) is 8.